The molecular formula is C32H27N9O2. The van der Waals surface area contributed by atoms with Crippen molar-refractivity contribution < 1.29 is 9.90 Å². The summed E-state index contributed by atoms with van der Waals surface area (Å²) < 4.78 is 0. The van der Waals surface area contributed by atoms with Crippen LogP contribution in [0.25, 0.3) is 21.5 Å². The molecule has 0 amide bonds. The van der Waals surface area contributed by atoms with Gasteiger partial charge in [-0.25, -0.2) is 24.7 Å². The molecule has 0 aliphatic carbocycles. The second-order valence-electron chi connectivity index (χ2n) is 9.44. The molecule has 0 aliphatic rings. The molecule has 0 spiro atoms. The SMILES string of the molecule is N#Cc1cccc(NCc2ccc3c(N)nccc3c2)n1.Nc1nccc2cc(CNc3cccc(C(=O)O)n3)ccc12. The van der Waals surface area contributed by atoms with E-state index in [1.54, 1.807) is 36.7 Å². The monoisotopic (exact) mass is 569 g/mol. The average molecular weight is 570 g/mol. The fraction of sp³-hybridized carbons (Fsp3) is 0.0625. The topological polar surface area (TPSA) is 189 Å². The van der Waals surface area contributed by atoms with Crippen molar-refractivity contribution in [3.05, 3.63) is 120 Å². The van der Waals surface area contributed by atoms with Crippen LogP contribution in [0.3, 0.4) is 0 Å². The van der Waals surface area contributed by atoms with E-state index in [4.69, 9.17) is 21.8 Å². The molecule has 43 heavy (non-hydrogen) atoms. The minimum Gasteiger partial charge on any atom is -0.477 e. The van der Waals surface area contributed by atoms with E-state index >= 15 is 0 Å². The predicted octanol–water partition coefficient (Wildman–Crippen LogP) is 5.22. The van der Waals surface area contributed by atoms with Crippen LogP contribution >= 0.6 is 0 Å². The van der Waals surface area contributed by atoms with Crippen molar-refractivity contribution in [2.24, 2.45) is 0 Å². The van der Waals surface area contributed by atoms with Gasteiger partial charge in [0.2, 0.25) is 0 Å². The highest BCUT2D eigenvalue weighted by molar-refractivity contribution is 5.92. The standard InChI is InChI=1S/C16H13N5.C16H14N4O2/c17-9-13-2-1-3-15(21-13)20-10-11-4-5-14-12(8-11)6-7-19-16(14)18;17-15-12-5-4-10(8-11(12)6-7-18-15)9-19-14-3-1-2-13(20-14)16(21)22/h1-8H,10H2,(H2,18,19)(H,20,21);1-8H,9H2,(H2,17,18)(H,19,20)(H,21,22). The number of nitrogens with zero attached hydrogens (tertiary/aromatic N) is 5. The quantitative estimate of drug-likeness (QED) is 0.169. The third-order valence-corrected chi connectivity index (χ3v) is 6.50. The summed E-state index contributed by atoms with van der Waals surface area (Å²) in [6.07, 6.45) is 3.37. The molecule has 0 unspecified atom stereocenters. The summed E-state index contributed by atoms with van der Waals surface area (Å²) in [5.41, 5.74) is 14.2. The largest absolute Gasteiger partial charge is 0.477 e. The Morgan fingerprint density at radius 3 is 1.81 bits per heavy atom. The van der Waals surface area contributed by atoms with E-state index in [1.807, 2.05) is 54.6 Å². The number of nitrogen functional groups attached to an aromatic ring is 2. The van der Waals surface area contributed by atoms with E-state index in [0.29, 0.717) is 42.1 Å². The van der Waals surface area contributed by atoms with E-state index in [2.05, 4.69) is 36.6 Å². The number of rotatable bonds is 7. The van der Waals surface area contributed by atoms with Crippen LogP contribution in [0.4, 0.5) is 23.3 Å². The molecule has 0 saturated carbocycles. The van der Waals surface area contributed by atoms with Gasteiger partial charge in [-0.2, -0.15) is 5.26 Å². The number of carbonyl (C=O) groups is 1. The number of nitriles is 1. The lowest BCUT2D eigenvalue weighted by Gasteiger charge is -2.08. The number of pyridine rings is 4. The molecule has 11 nitrogen and oxygen atoms in total. The molecule has 6 rings (SSSR count). The van der Waals surface area contributed by atoms with Gasteiger partial charge in [-0.05, 0) is 70.4 Å². The van der Waals surface area contributed by atoms with Crippen LogP contribution < -0.4 is 22.1 Å². The molecule has 6 aromatic rings. The van der Waals surface area contributed by atoms with E-state index in [1.165, 1.54) is 6.07 Å². The van der Waals surface area contributed by atoms with Gasteiger partial charge in [-0.15, -0.1) is 0 Å². The van der Waals surface area contributed by atoms with Gasteiger partial charge in [0, 0.05) is 36.3 Å². The second-order valence-corrected chi connectivity index (χ2v) is 9.44. The number of nitrogens with two attached hydrogens (primary N) is 2. The fourth-order valence-corrected chi connectivity index (χ4v) is 4.35. The maximum Gasteiger partial charge on any atom is 0.354 e. The number of aromatic nitrogens is 4. The number of hydrogen-bond acceptors (Lipinski definition) is 10. The Morgan fingerprint density at radius 1 is 0.744 bits per heavy atom. The highest BCUT2D eigenvalue weighted by atomic mass is 16.4. The van der Waals surface area contributed by atoms with Crippen LogP contribution in [-0.4, -0.2) is 31.0 Å². The van der Waals surface area contributed by atoms with Crippen LogP contribution in [0, 0.1) is 11.3 Å². The highest BCUT2D eigenvalue weighted by Crippen LogP contribution is 2.21. The molecule has 7 N–H and O–H groups in total. The van der Waals surface area contributed by atoms with Gasteiger partial charge >= 0.3 is 5.97 Å². The number of nitrogens with one attached hydrogen (secondary N) is 2. The normalized spacial score (nSPS) is 10.4. The van der Waals surface area contributed by atoms with Crippen molar-refractivity contribution in [1.29, 1.82) is 5.26 Å². The zero-order chi connectivity index (χ0) is 30.2. The summed E-state index contributed by atoms with van der Waals surface area (Å²) in [7, 11) is 0. The molecule has 0 radical (unpaired) electrons. The maximum absolute atomic E-state index is 10.9. The molecule has 0 bridgehead atoms. The third kappa shape index (κ3) is 7.08. The Labute approximate surface area is 246 Å². The Bertz CT molecular complexity index is 1970. The first kappa shape index (κ1) is 28.3. The third-order valence-electron chi connectivity index (χ3n) is 6.50. The van der Waals surface area contributed by atoms with Crippen molar-refractivity contribution in [2.75, 3.05) is 22.1 Å². The van der Waals surface area contributed by atoms with Crippen molar-refractivity contribution in [3.63, 3.8) is 0 Å². The van der Waals surface area contributed by atoms with Gasteiger partial charge in [0.1, 0.15) is 35.0 Å². The fourth-order valence-electron chi connectivity index (χ4n) is 4.35. The number of hydrogen-bond donors (Lipinski definition) is 5. The first-order valence-corrected chi connectivity index (χ1v) is 13.2. The molecule has 4 aromatic heterocycles. The summed E-state index contributed by atoms with van der Waals surface area (Å²) >= 11 is 0. The molecule has 212 valence electrons. The van der Waals surface area contributed by atoms with Crippen molar-refractivity contribution >= 4 is 50.8 Å². The molecular weight excluding hydrogens is 542 g/mol. The Kier molecular flexibility index (Phi) is 8.49. The first-order chi connectivity index (χ1) is 20.9. The van der Waals surface area contributed by atoms with E-state index in [0.717, 1.165) is 32.7 Å². The molecule has 0 fully saturated rings. The number of carboxylic acids is 1. The van der Waals surface area contributed by atoms with Crippen LogP contribution in [-0.2, 0) is 13.1 Å². The van der Waals surface area contributed by atoms with E-state index < -0.39 is 5.97 Å². The summed E-state index contributed by atoms with van der Waals surface area (Å²) in [6.45, 7) is 1.16. The van der Waals surface area contributed by atoms with Gasteiger partial charge in [0.05, 0.1) is 0 Å². The lowest BCUT2D eigenvalue weighted by molar-refractivity contribution is 0.0690. The zero-order valence-corrected chi connectivity index (χ0v) is 22.9. The van der Waals surface area contributed by atoms with Gasteiger partial charge in [-0.3, -0.25) is 0 Å². The summed E-state index contributed by atoms with van der Waals surface area (Å²) in [6, 6.07) is 28.0. The summed E-state index contributed by atoms with van der Waals surface area (Å²) in [4.78, 5) is 27.2. The van der Waals surface area contributed by atoms with Crippen molar-refractivity contribution in [3.8, 4) is 6.07 Å². The molecule has 0 aliphatic heterocycles. The lowest BCUT2D eigenvalue weighted by atomic mass is 10.1. The van der Waals surface area contributed by atoms with E-state index in [-0.39, 0.29) is 5.69 Å². The molecule has 4 heterocycles. The van der Waals surface area contributed by atoms with Crippen LogP contribution in [0.5, 0.6) is 0 Å². The van der Waals surface area contributed by atoms with Crippen LogP contribution in [0.1, 0.15) is 27.3 Å². The predicted molar refractivity (Wildman–Crippen MR) is 167 cm³/mol. The van der Waals surface area contributed by atoms with Crippen molar-refractivity contribution in [2.45, 2.75) is 13.1 Å². The number of fused-ring (bicyclic) bond motifs is 2. The van der Waals surface area contributed by atoms with Gasteiger partial charge < -0.3 is 27.2 Å². The van der Waals surface area contributed by atoms with E-state index in [9.17, 15) is 4.79 Å². The van der Waals surface area contributed by atoms with Crippen LogP contribution in [0.15, 0.2) is 97.3 Å². The Balaban J connectivity index is 0.000000171. The lowest BCUT2D eigenvalue weighted by Crippen LogP contribution is -2.05. The number of benzene rings is 2. The zero-order valence-electron chi connectivity index (χ0n) is 22.9. The molecule has 0 atom stereocenters. The minimum absolute atomic E-state index is 0.0161. The second kappa shape index (κ2) is 12.9. The highest BCUT2D eigenvalue weighted by Gasteiger charge is 2.06. The van der Waals surface area contributed by atoms with Crippen LogP contribution in [0.2, 0.25) is 0 Å². The Hall–Kier alpha value is -6.28. The minimum atomic E-state index is -1.04. The average Bonchev–Trinajstić information content (AvgIpc) is 3.03. The first-order valence-electron chi connectivity index (χ1n) is 13.2. The van der Waals surface area contributed by atoms with Gasteiger partial charge in [-0.1, -0.05) is 36.4 Å². The number of carboxylic acid groups (broad SMARTS) is 1. The smallest absolute Gasteiger partial charge is 0.354 e. The van der Waals surface area contributed by atoms with Crippen molar-refractivity contribution in [1.82, 2.24) is 19.9 Å². The number of anilines is 4. The van der Waals surface area contributed by atoms with Gasteiger partial charge in [0.15, 0.2) is 5.69 Å². The number of aromatic carboxylic acids is 1. The summed E-state index contributed by atoms with van der Waals surface area (Å²) in [5, 5.41) is 28.0. The molecule has 2 aromatic carbocycles. The Morgan fingerprint density at radius 2 is 1.28 bits per heavy atom. The van der Waals surface area contributed by atoms with Gasteiger partial charge in [0.25, 0.3) is 0 Å². The molecule has 11 heteroatoms. The molecule has 0 saturated heterocycles. The maximum atomic E-state index is 10.9. The summed E-state index contributed by atoms with van der Waals surface area (Å²) in [5.74, 6) is 1.21.